The minimum Gasteiger partial charge on any atom is -0.406 e. The van der Waals surface area contributed by atoms with Crippen LogP contribution in [0.4, 0.5) is 9.59 Å². The third kappa shape index (κ3) is 4.98. The Hall–Kier alpha value is -2.24. The van der Waals surface area contributed by atoms with Crippen LogP contribution in [0.25, 0.3) is 0 Å². The molecule has 0 aliphatic heterocycles. The quantitative estimate of drug-likeness (QED) is 0.856. The molecular weight excluding hydrogens is 272 g/mol. The molecule has 1 aromatic rings. The van der Waals surface area contributed by atoms with Gasteiger partial charge in [-0.05, 0) is 24.1 Å². The number of benzene rings is 1. The fourth-order valence-corrected chi connectivity index (χ4v) is 1.53. The number of rotatable bonds is 4. The van der Waals surface area contributed by atoms with E-state index in [0.717, 1.165) is 18.4 Å². The van der Waals surface area contributed by atoms with Crippen LogP contribution in [0.5, 0.6) is 11.5 Å². The Balaban J connectivity index is 3.04. The van der Waals surface area contributed by atoms with Crippen molar-refractivity contribution in [2.24, 2.45) is 0 Å². The zero-order valence-corrected chi connectivity index (χ0v) is 13.2. The largest absolute Gasteiger partial charge is 0.414 e. The standard InChI is InChI=1S/C15H22N2O4/c1-6-7-11-8-9-12(20-14(18)16(2)3)13(10-11)21-15(19)17(4)5/h8-10H,6-7H2,1-5H3. The number of hydrogen-bond acceptors (Lipinski definition) is 4. The van der Waals surface area contributed by atoms with Crippen LogP contribution in [-0.2, 0) is 6.42 Å². The van der Waals surface area contributed by atoms with E-state index < -0.39 is 12.2 Å². The lowest BCUT2D eigenvalue weighted by atomic mass is 10.1. The van der Waals surface area contributed by atoms with E-state index in [2.05, 4.69) is 6.92 Å². The molecule has 0 N–H and O–H groups in total. The molecule has 0 saturated heterocycles. The molecule has 0 fully saturated rings. The molecule has 0 heterocycles. The van der Waals surface area contributed by atoms with Gasteiger partial charge in [-0.25, -0.2) is 9.59 Å². The Morgan fingerprint density at radius 3 is 1.95 bits per heavy atom. The van der Waals surface area contributed by atoms with Crippen LogP contribution in [0.1, 0.15) is 18.9 Å². The van der Waals surface area contributed by atoms with Crippen LogP contribution >= 0.6 is 0 Å². The van der Waals surface area contributed by atoms with Crippen molar-refractivity contribution in [2.75, 3.05) is 28.2 Å². The summed E-state index contributed by atoms with van der Waals surface area (Å²) in [5, 5.41) is 0. The molecule has 2 amide bonds. The number of ether oxygens (including phenoxy) is 2. The Labute approximate surface area is 125 Å². The summed E-state index contributed by atoms with van der Waals surface area (Å²) in [7, 11) is 6.34. The van der Waals surface area contributed by atoms with Gasteiger partial charge in [-0.1, -0.05) is 19.4 Å². The number of amides is 2. The lowest BCUT2D eigenvalue weighted by Gasteiger charge is -2.16. The van der Waals surface area contributed by atoms with Gasteiger partial charge >= 0.3 is 12.2 Å². The van der Waals surface area contributed by atoms with Gasteiger partial charge in [-0.2, -0.15) is 0 Å². The summed E-state index contributed by atoms with van der Waals surface area (Å²) in [6.45, 7) is 2.06. The van der Waals surface area contributed by atoms with E-state index in [9.17, 15) is 9.59 Å². The van der Waals surface area contributed by atoms with E-state index in [1.165, 1.54) is 9.80 Å². The molecule has 0 radical (unpaired) electrons. The lowest BCUT2D eigenvalue weighted by Crippen LogP contribution is -2.27. The van der Waals surface area contributed by atoms with Crippen LogP contribution in [0, 0.1) is 0 Å². The summed E-state index contributed by atoms with van der Waals surface area (Å²) < 4.78 is 10.5. The van der Waals surface area contributed by atoms with Crippen molar-refractivity contribution < 1.29 is 19.1 Å². The van der Waals surface area contributed by atoms with E-state index in [4.69, 9.17) is 9.47 Å². The SMILES string of the molecule is CCCc1ccc(OC(=O)N(C)C)c(OC(=O)N(C)C)c1. The summed E-state index contributed by atoms with van der Waals surface area (Å²) in [6, 6.07) is 5.22. The molecule has 0 unspecified atom stereocenters. The Bertz CT molecular complexity index is 512. The van der Waals surface area contributed by atoms with E-state index in [1.54, 1.807) is 40.3 Å². The Morgan fingerprint density at radius 2 is 1.48 bits per heavy atom. The molecule has 0 aromatic heterocycles. The van der Waals surface area contributed by atoms with Crippen molar-refractivity contribution in [1.29, 1.82) is 0 Å². The summed E-state index contributed by atoms with van der Waals surface area (Å²) in [5.41, 5.74) is 1.02. The number of nitrogens with zero attached hydrogens (tertiary/aromatic N) is 2. The van der Waals surface area contributed by atoms with Crippen molar-refractivity contribution in [3.63, 3.8) is 0 Å². The Morgan fingerprint density at radius 1 is 0.952 bits per heavy atom. The molecule has 116 valence electrons. The minimum atomic E-state index is -0.527. The average molecular weight is 294 g/mol. The maximum Gasteiger partial charge on any atom is 0.414 e. The molecule has 0 aliphatic carbocycles. The highest BCUT2D eigenvalue weighted by atomic mass is 16.6. The summed E-state index contributed by atoms with van der Waals surface area (Å²) in [5.74, 6) is 0.471. The first-order chi connectivity index (χ1) is 9.85. The molecule has 6 heteroatoms. The number of carbonyl (C=O) groups excluding carboxylic acids is 2. The third-order valence-electron chi connectivity index (χ3n) is 2.67. The lowest BCUT2D eigenvalue weighted by molar-refractivity contribution is 0.161. The molecule has 21 heavy (non-hydrogen) atoms. The number of aryl methyl sites for hydroxylation is 1. The van der Waals surface area contributed by atoms with Crippen LogP contribution in [0.15, 0.2) is 18.2 Å². The van der Waals surface area contributed by atoms with Crippen molar-refractivity contribution in [2.45, 2.75) is 19.8 Å². The molecule has 0 bridgehead atoms. The minimum absolute atomic E-state index is 0.226. The predicted octanol–water partition coefficient (Wildman–Crippen LogP) is 2.76. The summed E-state index contributed by atoms with van der Waals surface area (Å²) >= 11 is 0. The first-order valence-electron chi connectivity index (χ1n) is 6.76. The zero-order valence-electron chi connectivity index (χ0n) is 13.2. The second-order valence-corrected chi connectivity index (χ2v) is 5.06. The van der Waals surface area contributed by atoms with Gasteiger partial charge in [-0.3, -0.25) is 0 Å². The van der Waals surface area contributed by atoms with Gasteiger partial charge in [-0.15, -0.1) is 0 Å². The fourth-order valence-electron chi connectivity index (χ4n) is 1.53. The molecule has 0 saturated carbocycles. The molecule has 0 atom stereocenters. The Kier molecular flexibility index (Phi) is 6.02. The van der Waals surface area contributed by atoms with Gasteiger partial charge < -0.3 is 19.3 Å². The molecular formula is C15H22N2O4. The van der Waals surface area contributed by atoms with Crippen LogP contribution in [-0.4, -0.2) is 50.2 Å². The van der Waals surface area contributed by atoms with Gasteiger partial charge in [0.05, 0.1) is 0 Å². The monoisotopic (exact) mass is 294 g/mol. The van der Waals surface area contributed by atoms with E-state index in [1.807, 2.05) is 6.07 Å². The molecule has 1 aromatic carbocycles. The highest BCUT2D eigenvalue weighted by Crippen LogP contribution is 2.29. The smallest absolute Gasteiger partial charge is 0.406 e. The van der Waals surface area contributed by atoms with Gasteiger partial charge in [0.1, 0.15) is 0 Å². The third-order valence-corrected chi connectivity index (χ3v) is 2.67. The second kappa shape index (κ2) is 7.52. The maximum atomic E-state index is 11.7. The average Bonchev–Trinajstić information content (AvgIpc) is 2.41. The zero-order chi connectivity index (χ0) is 16.0. The maximum absolute atomic E-state index is 11.7. The predicted molar refractivity (Wildman–Crippen MR) is 79.9 cm³/mol. The number of carbonyl (C=O) groups is 2. The molecule has 0 spiro atoms. The van der Waals surface area contributed by atoms with E-state index >= 15 is 0 Å². The van der Waals surface area contributed by atoms with Crippen LogP contribution in [0.2, 0.25) is 0 Å². The van der Waals surface area contributed by atoms with Crippen LogP contribution < -0.4 is 9.47 Å². The van der Waals surface area contributed by atoms with Gasteiger partial charge in [0.25, 0.3) is 0 Å². The van der Waals surface area contributed by atoms with Gasteiger partial charge in [0, 0.05) is 28.2 Å². The summed E-state index contributed by atoms with van der Waals surface area (Å²) in [4.78, 5) is 26.0. The van der Waals surface area contributed by atoms with E-state index in [0.29, 0.717) is 0 Å². The van der Waals surface area contributed by atoms with E-state index in [-0.39, 0.29) is 11.5 Å². The van der Waals surface area contributed by atoms with Gasteiger partial charge in [0.2, 0.25) is 0 Å². The number of hydrogen-bond donors (Lipinski definition) is 0. The van der Waals surface area contributed by atoms with Gasteiger partial charge in [0.15, 0.2) is 11.5 Å². The molecule has 6 nitrogen and oxygen atoms in total. The second-order valence-electron chi connectivity index (χ2n) is 5.06. The highest BCUT2D eigenvalue weighted by molar-refractivity contribution is 5.74. The van der Waals surface area contributed by atoms with Crippen molar-refractivity contribution in [3.05, 3.63) is 23.8 Å². The first-order valence-corrected chi connectivity index (χ1v) is 6.76. The molecule has 1 rings (SSSR count). The van der Waals surface area contributed by atoms with Crippen molar-refractivity contribution >= 4 is 12.2 Å². The topological polar surface area (TPSA) is 59.1 Å². The first kappa shape index (κ1) is 16.8. The summed E-state index contributed by atoms with van der Waals surface area (Å²) in [6.07, 6.45) is 0.776. The normalized spacial score (nSPS) is 9.95. The van der Waals surface area contributed by atoms with Crippen molar-refractivity contribution in [1.82, 2.24) is 9.80 Å². The fraction of sp³-hybridized carbons (Fsp3) is 0.467. The highest BCUT2D eigenvalue weighted by Gasteiger charge is 2.16. The molecule has 0 aliphatic rings. The van der Waals surface area contributed by atoms with Crippen LogP contribution in [0.3, 0.4) is 0 Å². The van der Waals surface area contributed by atoms with Crippen molar-refractivity contribution in [3.8, 4) is 11.5 Å².